The quantitative estimate of drug-likeness (QED) is 0.504. The minimum Gasteiger partial charge on any atom is -0.467 e. The Bertz CT molecular complexity index is 965. The first-order valence-corrected chi connectivity index (χ1v) is 8.17. The zero-order valence-corrected chi connectivity index (χ0v) is 15.0. The lowest BCUT2D eigenvalue weighted by Gasteiger charge is -2.18. The molecule has 0 N–H and O–H groups in total. The van der Waals surface area contributed by atoms with Gasteiger partial charge in [0.1, 0.15) is 5.65 Å². The van der Waals surface area contributed by atoms with E-state index in [0.717, 1.165) is 5.56 Å². The zero-order chi connectivity index (χ0) is 18.1. The van der Waals surface area contributed by atoms with Gasteiger partial charge in [-0.15, -0.1) is 0 Å². The summed E-state index contributed by atoms with van der Waals surface area (Å²) in [7, 11) is 1.31. The smallest absolute Gasteiger partial charge is 0.333 e. The van der Waals surface area contributed by atoms with Crippen LogP contribution in [-0.2, 0) is 9.53 Å². The highest BCUT2D eigenvalue weighted by Crippen LogP contribution is 2.35. The van der Waals surface area contributed by atoms with Crippen LogP contribution in [0, 0.1) is 6.92 Å². The molecule has 2 aromatic heterocycles. The Labute approximate surface area is 154 Å². The first kappa shape index (κ1) is 17.5. The van der Waals surface area contributed by atoms with Crippen LogP contribution in [0.25, 0.3) is 11.0 Å². The fourth-order valence-electron chi connectivity index (χ4n) is 2.74. The Morgan fingerprint density at radius 1 is 1.28 bits per heavy atom. The molecule has 5 nitrogen and oxygen atoms in total. The van der Waals surface area contributed by atoms with E-state index >= 15 is 0 Å². The Kier molecular flexibility index (Phi) is 4.79. The van der Waals surface area contributed by atoms with E-state index in [1.54, 1.807) is 4.57 Å². The summed E-state index contributed by atoms with van der Waals surface area (Å²) in [4.78, 5) is 28.2. The van der Waals surface area contributed by atoms with Crippen LogP contribution in [0.2, 0.25) is 10.0 Å². The summed E-state index contributed by atoms with van der Waals surface area (Å²) in [5.74, 6) is -0.480. The van der Waals surface area contributed by atoms with Gasteiger partial charge in [0.15, 0.2) is 12.3 Å². The molecule has 1 aromatic carbocycles. The molecule has 128 valence electrons. The van der Waals surface area contributed by atoms with E-state index in [2.05, 4.69) is 4.98 Å². The van der Waals surface area contributed by atoms with Crippen LogP contribution in [-0.4, -0.2) is 28.9 Å². The molecule has 0 fully saturated rings. The van der Waals surface area contributed by atoms with Crippen LogP contribution < -0.4 is 0 Å². The van der Waals surface area contributed by atoms with E-state index in [-0.39, 0.29) is 10.0 Å². The molecule has 0 aliphatic rings. The van der Waals surface area contributed by atoms with E-state index in [4.69, 9.17) is 27.9 Å². The van der Waals surface area contributed by atoms with Crippen molar-refractivity contribution in [1.29, 1.82) is 0 Å². The molecule has 0 bridgehead atoms. The summed E-state index contributed by atoms with van der Waals surface area (Å²) in [6, 6.07) is 6.66. The van der Waals surface area contributed by atoms with Gasteiger partial charge in [-0.1, -0.05) is 53.0 Å². The number of pyridine rings is 1. The van der Waals surface area contributed by atoms with E-state index < -0.39 is 12.0 Å². The molecule has 1 atom stereocenters. The van der Waals surface area contributed by atoms with Crippen molar-refractivity contribution in [3.8, 4) is 0 Å². The number of carbonyl (C=O) groups excluding carboxylic acids is 2. The number of nitrogens with zero attached hydrogens (tertiary/aromatic N) is 2. The second-order valence-corrected chi connectivity index (χ2v) is 6.35. The number of rotatable bonds is 4. The SMILES string of the molecule is COC(=O)C(c1ccc(C)cc1)n1cc(C=O)c2c(Cl)c(Cl)cnc21. The normalized spacial score (nSPS) is 12.2. The van der Waals surface area contributed by atoms with E-state index in [1.807, 2.05) is 31.2 Å². The minimum atomic E-state index is -0.799. The Hall–Kier alpha value is -2.37. The molecule has 25 heavy (non-hydrogen) atoms. The van der Waals surface area contributed by atoms with Gasteiger partial charge in [0.25, 0.3) is 0 Å². The second kappa shape index (κ2) is 6.86. The number of aryl methyl sites for hydroxylation is 1. The number of benzene rings is 1. The monoisotopic (exact) mass is 376 g/mol. The second-order valence-electron chi connectivity index (χ2n) is 5.56. The number of aldehydes is 1. The number of ether oxygens (including phenoxy) is 1. The highest BCUT2D eigenvalue weighted by Gasteiger charge is 2.27. The average Bonchev–Trinajstić information content (AvgIpc) is 2.99. The van der Waals surface area contributed by atoms with Crippen molar-refractivity contribution >= 4 is 46.5 Å². The molecule has 0 saturated carbocycles. The van der Waals surface area contributed by atoms with Crippen molar-refractivity contribution in [3.05, 3.63) is 63.4 Å². The molecule has 0 spiro atoms. The molecule has 0 aliphatic heterocycles. The minimum absolute atomic E-state index is 0.222. The van der Waals surface area contributed by atoms with Crippen molar-refractivity contribution in [1.82, 2.24) is 9.55 Å². The van der Waals surface area contributed by atoms with E-state index in [9.17, 15) is 9.59 Å². The lowest BCUT2D eigenvalue weighted by Crippen LogP contribution is -2.22. The van der Waals surface area contributed by atoms with Gasteiger partial charge in [-0.25, -0.2) is 9.78 Å². The summed E-state index contributed by atoms with van der Waals surface area (Å²) in [6.07, 6.45) is 3.58. The van der Waals surface area contributed by atoms with Crippen molar-refractivity contribution in [2.24, 2.45) is 0 Å². The molecule has 0 radical (unpaired) electrons. The molecule has 1 unspecified atom stereocenters. The van der Waals surface area contributed by atoms with Crippen LogP contribution in [0.15, 0.2) is 36.7 Å². The third kappa shape index (κ3) is 3.01. The summed E-state index contributed by atoms with van der Waals surface area (Å²) in [5, 5.41) is 0.866. The van der Waals surface area contributed by atoms with Crippen LogP contribution >= 0.6 is 23.2 Å². The van der Waals surface area contributed by atoms with Gasteiger partial charge in [0, 0.05) is 23.3 Å². The molecular formula is C18H14Cl2N2O3. The van der Waals surface area contributed by atoms with Crippen molar-refractivity contribution in [2.45, 2.75) is 13.0 Å². The standard InChI is InChI=1S/C18H14Cl2N2O3/c1-10-3-5-11(6-4-10)16(18(24)25-2)22-8-12(9-23)14-15(20)13(19)7-21-17(14)22/h3-9,16H,1-2H3. The summed E-state index contributed by atoms with van der Waals surface area (Å²) in [6.45, 7) is 1.95. The number of carbonyl (C=O) groups is 2. The van der Waals surface area contributed by atoms with E-state index in [0.29, 0.717) is 28.4 Å². The Morgan fingerprint density at radius 3 is 2.56 bits per heavy atom. The zero-order valence-electron chi connectivity index (χ0n) is 13.5. The first-order valence-electron chi connectivity index (χ1n) is 7.42. The predicted octanol–water partition coefficient (Wildman–Crippen LogP) is 4.23. The highest BCUT2D eigenvalue weighted by molar-refractivity contribution is 6.45. The first-order chi connectivity index (χ1) is 12.0. The number of halogens is 2. The lowest BCUT2D eigenvalue weighted by molar-refractivity contribution is -0.143. The number of aromatic nitrogens is 2. The number of fused-ring (bicyclic) bond motifs is 1. The molecule has 7 heteroatoms. The van der Waals surface area contributed by atoms with Gasteiger partial charge in [-0.2, -0.15) is 0 Å². The van der Waals surface area contributed by atoms with Crippen molar-refractivity contribution in [2.75, 3.05) is 7.11 Å². The van der Waals surface area contributed by atoms with Gasteiger partial charge < -0.3 is 9.30 Å². The predicted molar refractivity (Wildman–Crippen MR) is 96.5 cm³/mol. The van der Waals surface area contributed by atoms with Gasteiger partial charge in [0.2, 0.25) is 0 Å². The molecule has 0 aliphatic carbocycles. The molecule has 0 saturated heterocycles. The fourth-order valence-corrected chi connectivity index (χ4v) is 3.13. The van der Waals surface area contributed by atoms with Crippen LogP contribution in [0.1, 0.15) is 27.5 Å². The van der Waals surface area contributed by atoms with E-state index in [1.165, 1.54) is 19.5 Å². The van der Waals surface area contributed by atoms with Gasteiger partial charge >= 0.3 is 5.97 Å². The molecule has 3 aromatic rings. The van der Waals surface area contributed by atoms with Crippen molar-refractivity contribution in [3.63, 3.8) is 0 Å². The third-order valence-corrected chi connectivity index (χ3v) is 4.76. The molecule has 0 amide bonds. The number of methoxy groups -OCH3 is 1. The topological polar surface area (TPSA) is 61.2 Å². The number of hydrogen-bond donors (Lipinski definition) is 0. The van der Waals surface area contributed by atoms with Crippen LogP contribution in [0.4, 0.5) is 0 Å². The largest absolute Gasteiger partial charge is 0.467 e. The molecular weight excluding hydrogens is 363 g/mol. The Morgan fingerprint density at radius 2 is 1.96 bits per heavy atom. The maximum Gasteiger partial charge on any atom is 0.333 e. The Balaban J connectivity index is 2.30. The summed E-state index contributed by atoms with van der Waals surface area (Å²) >= 11 is 12.3. The average molecular weight is 377 g/mol. The van der Waals surface area contributed by atoms with Crippen LogP contribution in [0.5, 0.6) is 0 Å². The number of hydrogen-bond acceptors (Lipinski definition) is 4. The number of esters is 1. The maximum absolute atomic E-state index is 12.5. The fraction of sp³-hybridized carbons (Fsp3) is 0.167. The van der Waals surface area contributed by atoms with Gasteiger partial charge in [-0.3, -0.25) is 4.79 Å². The van der Waals surface area contributed by atoms with Crippen molar-refractivity contribution < 1.29 is 14.3 Å². The summed E-state index contributed by atoms with van der Waals surface area (Å²) < 4.78 is 6.54. The third-order valence-electron chi connectivity index (χ3n) is 3.99. The summed E-state index contributed by atoms with van der Waals surface area (Å²) in [5.41, 5.74) is 2.45. The van der Waals surface area contributed by atoms with Gasteiger partial charge in [-0.05, 0) is 12.5 Å². The maximum atomic E-state index is 12.5. The van der Waals surface area contributed by atoms with Gasteiger partial charge in [0.05, 0.1) is 17.2 Å². The lowest BCUT2D eigenvalue weighted by atomic mass is 10.1. The molecule has 3 rings (SSSR count). The molecule has 2 heterocycles. The highest BCUT2D eigenvalue weighted by atomic mass is 35.5. The van der Waals surface area contributed by atoms with Crippen LogP contribution in [0.3, 0.4) is 0 Å².